The van der Waals surface area contributed by atoms with Crippen LogP contribution in [0.3, 0.4) is 0 Å². The highest BCUT2D eigenvalue weighted by atomic mass is 16.3. The third kappa shape index (κ3) is 3.80. The highest BCUT2D eigenvalue weighted by molar-refractivity contribution is 5.38. The van der Waals surface area contributed by atoms with E-state index >= 15 is 0 Å². The van der Waals surface area contributed by atoms with E-state index in [2.05, 4.69) is 19.2 Å². The van der Waals surface area contributed by atoms with Crippen LogP contribution in [0.15, 0.2) is 18.2 Å². The third-order valence-electron chi connectivity index (χ3n) is 2.43. The second-order valence-electron chi connectivity index (χ2n) is 3.88. The molecule has 0 bridgehead atoms. The van der Waals surface area contributed by atoms with Gasteiger partial charge < -0.3 is 15.5 Å². The van der Waals surface area contributed by atoms with Crippen molar-refractivity contribution in [3.05, 3.63) is 23.8 Å². The molecule has 1 unspecified atom stereocenters. The highest BCUT2D eigenvalue weighted by Crippen LogP contribution is 2.22. The summed E-state index contributed by atoms with van der Waals surface area (Å²) in [5.74, 6) is 0.240. The molecule has 15 heavy (non-hydrogen) atoms. The topological polar surface area (TPSA) is 52.5 Å². The Bertz CT molecular complexity index is 312. The largest absolute Gasteiger partial charge is 0.508 e. The summed E-state index contributed by atoms with van der Waals surface area (Å²) in [4.78, 5) is 0. The van der Waals surface area contributed by atoms with Crippen molar-refractivity contribution in [2.45, 2.75) is 39.3 Å². The van der Waals surface area contributed by atoms with Crippen LogP contribution in [0.1, 0.15) is 32.3 Å². The van der Waals surface area contributed by atoms with Crippen molar-refractivity contribution in [1.82, 2.24) is 5.32 Å². The van der Waals surface area contributed by atoms with Crippen molar-refractivity contribution in [3.8, 4) is 11.5 Å². The smallest absolute Gasteiger partial charge is 0.123 e. The maximum Gasteiger partial charge on any atom is 0.123 e. The normalized spacial score (nSPS) is 12.7. The second-order valence-corrected chi connectivity index (χ2v) is 3.88. The first-order valence-corrected chi connectivity index (χ1v) is 5.37. The lowest BCUT2D eigenvalue weighted by Gasteiger charge is -2.13. The molecular formula is C12H19NO2. The lowest BCUT2D eigenvalue weighted by Crippen LogP contribution is -2.25. The molecule has 84 valence electrons. The summed E-state index contributed by atoms with van der Waals surface area (Å²) >= 11 is 0. The molecule has 0 aliphatic rings. The Morgan fingerprint density at radius 2 is 2.07 bits per heavy atom. The summed E-state index contributed by atoms with van der Waals surface area (Å²) in [7, 11) is 0. The van der Waals surface area contributed by atoms with E-state index < -0.39 is 0 Å². The van der Waals surface area contributed by atoms with E-state index in [4.69, 9.17) is 5.11 Å². The van der Waals surface area contributed by atoms with E-state index in [9.17, 15) is 5.11 Å². The van der Waals surface area contributed by atoms with Gasteiger partial charge in [0.2, 0.25) is 0 Å². The number of hydrogen-bond acceptors (Lipinski definition) is 3. The van der Waals surface area contributed by atoms with Crippen molar-refractivity contribution >= 4 is 0 Å². The lowest BCUT2D eigenvalue weighted by atomic mass is 10.1. The molecule has 1 aromatic rings. The average Bonchev–Trinajstić information content (AvgIpc) is 2.17. The van der Waals surface area contributed by atoms with Gasteiger partial charge in [0.25, 0.3) is 0 Å². The molecular weight excluding hydrogens is 190 g/mol. The van der Waals surface area contributed by atoms with Gasteiger partial charge in [0, 0.05) is 24.2 Å². The van der Waals surface area contributed by atoms with Crippen LogP contribution in [0.2, 0.25) is 0 Å². The Morgan fingerprint density at radius 1 is 1.33 bits per heavy atom. The molecule has 0 radical (unpaired) electrons. The molecule has 0 aliphatic heterocycles. The lowest BCUT2D eigenvalue weighted by molar-refractivity contribution is 0.438. The minimum absolute atomic E-state index is 0.0952. The van der Waals surface area contributed by atoms with Gasteiger partial charge in [-0.15, -0.1) is 0 Å². The van der Waals surface area contributed by atoms with Crippen LogP contribution < -0.4 is 5.32 Å². The minimum Gasteiger partial charge on any atom is -0.508 e. The molecule has 0 aromatic heterocycles. The number of phenolic OH excluding ortho intramolecular Hbond substituents is 2. The van der Waals surface area contributed by atoms with Crippen LogP contribution in [0.4, 0.5) is 0 Å². The summed E-state index contributed by atoms with van der Waals surface area (Å²) in [6.07, 6.45) is 2.27. The minimum atomic E-state index is 0.0952. The Balaban J connectivity index is 2.50. The quantitative estimate of drug-likeness (QED) is 0.698. The first-order chi connectivity index (χ1) is 7.13. The van der Waals surface area contributed by atoms with E-state index in [1.54, 1.807) is 12.1 Å². The van der Waals surface area contributed by atoms with Gasteiger partial charge in [0.15, 0.2) is 0 Å². The zero-order chi connectivity index (χ0) is 11.3. The molecule has 0 spiro atoms. The third-order valence-corrected chi connectivity index (χ3v) is 2.43. The molecule has 0 amide bonds. The Hall–Kier alpha value is -1.22. The molecule has 0 aliphatic carbocycles. The van der Waals surface area contributed by atoms with Gasteiger partial charge in [-0.2, -0.15) is 0 Å². The molecule has 3 nitrogen and oxygen atoms in total. The molecule has 0 saturated heterocycles. The van der Waals surface area contributed by atoms with Gasteiger partial charge in [-0.1, -0.05) is 19.4 Å². The Labute approximate surface area is 90.8 Å². The molecule has 3 N–H and O–H groups in total. The van der Waals surface area contributed by atoms with Crippen LogP contribution in [0.5, 0.6) is 11.5 Å². The number of benzene rings is 1. The molecule has 0 heterocycles. The van der Waals surface area contributed by atoms with Crippen LogP contribution >= 0.6 is 0 Å². The van der Waals surface area contributed by atoms with Gasteiger partial charge in [0.05, 0.1) is 0 Å². The van der Waals surface area contributed by atoms with Crippen molar-refractivity contribution < 1.29 is 10.2 Å². The fraction of sp³-hybridized carbons (Fsp3) is 0.500. The van der Waals surface area contributed by atoms with Crippen LogP contribution in [-0.2, 0) is 6.54 Å². The SMILES string of the molecule is CCCC(C)NCc1ccc(O)cc1O. The van der Waals surface area contributed by atoms with Gasteiger partial charge in [-0.05, 0) is 19.4 Å². The van der Waals surface area contributed by atoms with Crippen molar-refractivity contribution in [3.63, 3.8) is 0 Å². The predicted octanol–water partition coefficient (Wildman–Crippen LogP) is 2.38. The van der Waals surface area contributed by atoms with Gasteiger partial charge in [-0.25, -0.2) is 0 Å². The highest BCUT2D eigenvalue weighted by Gasteiger charge is 2.04. The van der Waals surface area contributed by atoms with E-state index in [1.807, 2.05) is 0 Å². The predicted molar refractivity (Wildman–Crippen MR) is 61.0 cm³/mol. The van der Waals surface area contributed by atoms with Crippen molar-refractivity contribution in [2.24, 2.45) is 0 Å². The van der Waals surface area contributed by atoms with Gasteiger partial charge in [-0.3, -0.25) is 0 Å². The fourth-order valence-electron chi connectivity index (χ4n) is 1.52. The number of nitrogens with one attached hydrogen (secondary N) is 1. The molecule has 1 atom stereocenters. The van der Waals surface area contributed by atoms with Crippen LogP contribution in [0.25, 0.3) is 0 Å². The van der Waals surface area contributed by atoms with Crippen molar-refractivity contribution in [1.29, 1.82) is 0 Å². The van der Waals surface area contributed by atoms with E-state index in [0.29, 0.717) is 12.6 Å². The average molecular weight is 209 g/mol. The maximum absolute atomic E-state index is 9.53. The summed E-state index contributed by atoms with van der Waals surface area (Å²) in [6, 6.07) is 5.13. The summed E-state index contributed by atoms with van der Waals surface area (Å²) in [6.45, 7) is 4.91. The summed E-state index contributed by atoms with van der Waals surface area (Å²) in [5.41, 5.74) is 0.816. The maximum atomic E-state index is 9.53. The standard InChI is InChI=1S/C12H19NO2/c1-3-4-9(2)13-8-10-5-6-11(14)7-12(10)15/h5-7,9,13-15H,3-4,8H2,1-2H3. The zero-order valence-corrected chi connectivity index (χ0v) is 9.33. The van der Waals surface area contributed by atoms with E-state index in [-0.39, 0.29) is 11.5 Å². The fourth-order valence-corrected chi connectivity index (χ4v) is 1.52. The number of phenols is 2. The number of aromatic hydroxyl groups is 2. The monoisotopic (exact) mass is 209 g/mol. The van der Waals surface area contributed by atoms with Gasteiger partial charge in [0.1, 0.15) is 11.5 Å². The second kappa shape index (κ2) is 5.61. The van der Waals surface area contributed by atoms with Crippen molar-refractivity contribution in [2.75, 3.05) is 0 Å². The van der Waals surface area contributed by atoms with Crippen LogP contribution in [0, 0.1) is 0 Å². The summed E-state index contributed by atoms with van der Waals surface area (Å²) in [5, 5.41) is 22.0. The zero-order valence-electron chi connectivity index (χ0n) is 9.33. The summed E-state index contributed by atoms with van der Waals surface area (Å²) < 4.78 is 0. The Morgan fingerprint density at radius 3 is 2.67 bits per heavy atom. The molecule has 0 fully saturated rings. The van der Waals surface area contributed by atoms with Gasteiger partial charge >= 0.3 is 0 Å². The van der Waals surface area contributed by atoms with E-state index in [0.717, 1.165) is 18.4 Å². The molecule has 3 heteroatoms. The first-order valence-electron chi connectivity index (χ1n) is 5.37. The molecule has 1 rings (SSSR count). The number of rotatable bonds is 5. The Kier molecular flexibility index (Phi) is 4.43. The van der Waals surface area contributed by atoms with E-state index in [1.165, 1.54) is 6.07 Å². The number of hydrogen-bond donors (Lipinski definition) is 3. The van der Waals surface area contributed by atoms with Crippen LogP contribution in [-0.4, -0.2) is 16.3 Å². The molecule has 0 saturated carbocycles. The first kappa shape index (κ1) is 11.9. The molecule has 1 aromatic carbocycles.